The van der Waals surface area contributed by atoms with E-state index in [1.807, 2.05) is 67.6 Å². The van der Waals surface area contributed by atoms with Crippen molar-refractivity contribution in [3.05, 3.63) is 71.2 Å². The summed E-state index contributed by atoms with van der Waals surface area (Å²) in [6.07, 6.45) is 0. The fraction of sp³-hybridized carbons (Fsp3) is 0.130. The van der Waals surface area contributed by atoms with Gasteiger partial charge in [0.1, 0.15) is 11.5 Å². The minimum atomic E-state index is 0.680. The first-order valence-electron chi connectivity index (χ1n) is 8.86. The van der Waals surface area contributed by atoms with E-state index in [4.69, 9.17) is 31.0 Å². The molecule has 0 bridgehead atoms. The topological polar surface area (TPSA) is 44.2 Å². The van der Waals surface area contributed by atoms with Crippen LogP contribution in [0.5, 0.6) is 11.5 Å². The summed E-state index contributed by atoms with van der Waals surface area (Å²) in [5.74, 6) is 1.59. The third kappa shape index (κ3) is 3.39. The molecule has 5 heteroatoms. The molecule has 4 rings (SSSR count). The number of aromatic nitrogens is 2. The normalized spacial score (nSPS) is 10.9. The van der Waals surface area contributed by atoms with Gasteiger partial charge in [0, 0.05) is 16.1 Å². The van der Waals surface area contributed by atoms with Crippen molar-refractivity contribution in [2.24, 2.45) is 0 Å². The van der Waals surface area contributed by atoms with E-state index < -0.39 is 0 Å². The number of halogens is 1. The van der Waals surface area contributed by atoms with Crippen molar-refractivity contribution in [1.29, 1.82) is 0 Å². The van der Waals surface area contributed by atoms with E-state index in [1.165, 1.54) is 0 Å². The fourth-order valence-corrected chi connectivity index (χ4v) is 3.24. The van der Waals surface area contributed by atoms with Gasteiger partial charge in [-0.15, -0.1) is 0 Å². The SMILES string of the molecule is COc1ccc(-c2nc3cc(C)c(Cl)cc3nc2-c2ccc(OC)cc2)cc1. The van der Waals surface area contributed by atoms with Gasteiger partial charge in [0.25, 0.3) is 0 Å². The smallest absolute Gasteiger partial charge is 0.118 e. The van der Waals surface area contributed by atoms with Crippen molar-refractivity contribution < 1.29 is 9.47 Å². The van der Waals surface area contributed by atoms with Crippen molar-refractivity contribution in [2.75, 3.05) is 14.2 Å². The van der Waals surface area contributed by atoms with E-state index >= 15 is 0 Å². The molecule has 0 spiro atoms. The summed E-state index contributed by atoms with van der Waals surface area (Å²) in [4.78, 5) is 9.83. The van der Waals surface area contributed by atoms with Gasteiger partial charge in [0.2, 0.25) is 0 Å². The second-order valence-electron chi connectivity index (χ2n) is 6.47. The molecule has 0 saturated carbocycles. The average molecular weight is 391 g/mol. The molecule has 0 aliphatic carbocycles. The van der Waals surface area contributed by atoms with Crippen LogP contribution in [0.15, 0.2) is 60.7 Å². The summed E-state index contributed by atoms with van der Waals surface area (Å²) in [5, 5.41) is 0.680. The van der Waals surface area contributed by atoms with Crippen LogP contribution in [0.2, 0.25) is 5.02 Å². The Bertz CT molecular complexity index is 1050. The molecule has 0 aliphatic heterocycles. The lowest BCUT2D eigenvalue weighted by molar-refractivity contribution is 0.414. The molecule has 0 amide bonds. The van der Waals surface area contributed by atoms with Crippen molar-refractivity contribution in [3.63, 3.8) is 0 Å². The summed E-state index contributed by atoms with van der Waals surface area (Å²) >= 11 is 6.32. The minimum absolute atomic E-state index is 0.680. The standard InChI is InChI=1S/C23H19ClN2O2/c1-14-12-20-21(13-19(14)24)26-23(16-6-10-18(28-3)11-7-16)22(25-20)15-4-8-17(27-2)9-5-15/h4-13H,1-3H3. The van der Waals surface area contributed by atoms with Gasteiger partial charge in [0.15, 0.2) is 0 Å². The second kappa shape index (κ2) is 7.49. The number of hydrogen-bond acceptors (Lipinski definition) is 4. The number of benzene rings is 3. The molecule has 0 aliphatic rings. The van der Waals surface area contributed by atoms with Gasteiger partial charge in [-0.05, 0) is 73.2 Å². The molecule has 1 aromatic heterocycles. The van der Waals surface area contributed by atoms with Crippen LogP contribution in [0, 0.1) is 6.92 Å². The maximum Gasteiger partial charge on any atom is 0.118 e. The lowest BCUT2D eigenvalue weighted by atomic mass is 10.0. The van der Waals surface area contributed by atoms with Gasteiger partial charge in [-0.25, -0.2) is 9.97 Å². The number of aryl methyl sites for hydroxylation is 1. The quantitative estimate of drug-likeness (QED) is 0.432. The Morgan fingerprint density at radius 2 is 1.11 bits per heavy atom. The summed E-state index contributed by atoms with van der Waals surface area (Å²) in [6.45, 7) is 1.97. The van der Waals surface area contributed by atoms with E-state index in [1.54, 1.807) is 14.2 Å². The van der Waals surface area contributed by atoms with Crippen LogP contribution in [-0.2, 0) is 0 Å². The number of rotatable bonds is 4. The number of hydrogen-bond donors (Lipinski definition) is 0. The number of ether oxygens (including phenoxy) is 2. The highest BCUT2D eigenvalue weighted by molar-refractivity contribution is 6.32. The zero-order valence-corrected chi connectivity index (χ0v) is 16.6. The maximum absolute atomic E-state index is 6.32. The van der Waals surface area contributed by atoms with Crippen LogP contribution in [0.1, 0.15) is 5.56 Å². The van der Waals surface area contributed by atoms with E-state index in [9.17, 15) is 0 Å². The first kappa shape index (κ1) is 18.3. The summed E-state index contributed by atoms with van der Waals surface area (Å²) in [7, 11) is 3.30. The lowest BCUT2D eigenvalue weighted by Gasteiger charge is -2.12. The third-order valence-corrected chi connectivity index (χ3v) is 5.08. The second-order valence-corrected chi connectivity index (χ2v) is 6.88. The molecule has 0 unspecified atom stereocenters. The maximum atomic E-state index is 6.32. The van der Waals surface area contributed by atoms with E-state index in [0.29, 0.717) is 5.02 Å². The van der Waals surface area contributed by atoms with Gasteiger partial charge in [-0.2, -0.15) is 0 Å². The predicted octanol–water partition coefficient (Wildman–Crippen LogP) is 5.94. The third-order valence-electron chi connectivity index (χ3n) is 4.67. The lowest BCUT2D eigenvalue weighted by Crippen LogP contribution is -1.96. The highest BCUT2D eigenvalue weighted by atomic mass is 35.5. The zero-order valence-electron chi connectivity index (χ0n) is 15.9. The molecule has 0 saturated heterocycles. The van der Waals surface area contributed by atoms with E-state index in [-0.39, 0.29) is 0 Å². The summed E-state index contributed by atoms with van der Waals surface area (Å²) < 4.78 is 10.6. The van der Waals surface area contributed by atoms with Crippen molar-refractivity contribution in [2.45, 2.75) is 6.92 Å². The molecule has 0 N–H and O–H groups in total. The first-order chi connectivity index (χ1) is 13.6. The Morgan fingerprint density at radius 3 is 1.54 bits per heavy atom. The zero-order chi connectivity index (χ0) is 19.7. The first-order valence-corrected chi connectivity index (χ1v) is 9.23. The monoisotopic (exact) mass is 390 g/mol. The molecular formula is C23H19ClN2O2. The highest BCUT2D eigenvalue weighted by Gasteiger charge is 2.14. The largest absolute Gasteiger partial charge is 0.497 e. The molecule has 3 aromatic carbocycles. The number of nitrogens with zero attached hydrogens (tertiary/aromatic N) is 2. The summed E-state index contributed by atoms with van der Waals surface area (Å²) in [6, 6.07) is 19.5. The van der Waals surface area contributed by atoms with E-state index in [0.717, 1.165) is 50.6 Å². The average Bonchev–Trinajstić information content (AvgIpc) is 2.74. The van der Waals surface area contributed by atoms with E-state index in [2.05, 4.69) is 0 Å². The van der Waals surface area contributed by atoms with Crippen molar-refractivity contribution >= 4 is 22.6 Å². The summed E-state index contributed by atoms with van der Waals surface area (Å²) in [5.41, 5.74) is 6.07. The van der Waals surface area contributed by atoms with Crippen LogP contribution < -0.4 is 9.47 Å². The Balaban J connectivity index is 1.96. The van der Waals surface area contributed by atoms with Crippen LogP contribution >= 0.6 is 11.6 Å². The number of fused-ring (bicyclic) bond motifs is 1. The molecule has 0 atom stereocenters. The highest BCUT2D eigenvalue weighted by Crippen LogP contribution is 2.33. The van der Waals surface area contributed by atoms with Crippen LogP contribution in [0.25, 0.3) is 33.5 Å². The molecular weight excluding hydrogens is 372 g/mol. The minimum Gasteiger partial charge on any atom is -0.497 e. The molecule has 28 heavy (non-hydrogen) atoms. The van der Waals surface area contributed by atoms with Gasteiger partial charge < -0.3 is 9.47 Å². The number of methoxy groups -OCH3 is 2. The van der Waals surface area contributed by atoms with Gasteiger partial charge in [-0.3, -0.25) is 0 Å². The Hall–Kier alpha value is -3.11. The molecule has 1 heterocycles. The molecule has 140 valence electrons. The van der Waals surface area contributed by atoms with Crippen LogP contribution in [-0.4, -0.2) is 24.2 Å². The Kier molecular flexibility index (Phi) is 4.88. The molecule has 4 nitrogen and oxygen atoms in total. The van der Waals surface area contributed by atoms with Crippen molar-refractivity contribution in [1.82, 2.24) is 9.97 Å². The van der Waals surface area contributed by atoms with Gasteiger partial charge >= 0.3 is 0 Å². The predicted molar refractivity (Wildman–Crippen MR) is 113 cm³/mol. The van der Waals surface area contributed by atoms with Crippen LogP contribution in [0.3, 0.4) is 0 Å². The van der Waals surface area contributed by atoms with Crippen molar-refractivity contribution in [3.8, 4) is 34.0 Å². The Labute approximate surface area is 168 Å². The Morgan fingerprint density at radius 1 is 0.679 bits per heavy atom. The fourth-order valence-electron chi connectivity index (χ4n) is 3.08. The van der Waals surface area contributed by atoms with Gasteiger partial charge in [0.05, 0.1) is 36.6 Å². The molecule has 0 fully saturated rings. The molecule has 0 radical (unpaired) electrons. The van der Waals surface area contributed by atoms with Crippen LogP contribution in [0.4, 0.5) is 0 Å². The molecule has 4 aromatic rings. The van der Waals surface area contributed by atoms with Gasteiger partial charge in [-0.1, -0.05) is 11.6 Å².